The van der Waals surface area contributed by atoms with E-state index in [1.54, 1.807) is 36.4 Å². The first-order valence-corrected chi connectivity index (χ1v) is 9.94. The maximum Gasteiger partial charge on any atom is 0.256 e. The normalized spacial score (nSPS) is 12.5. The Hall–Kier alpha value is -4.06. The van der Waals surface area contributed by atoms with Gasteiger partial charge in [0.25, 0.3) is 5.91 Å². The van der Waals surface area contributed by atoms with E-state index >= 15 is 0 Å². The Balaban J connectivity index is 1.57. The number of ketones is 1. The predicted octanol–water partition coefficient (Wildman–Crippen LogP) is 5.00. The predicted molar refractivity (Wildman–Crippen MR) is 116 cm³/mol. The van der Waals surface area contributed by atoms with Crippen molar-refractivity contribution < 1.29 is 23.5 Å². The van der Waals surface area contributed by atoms with Crippen LogP contribution in [0.3, 0.4) is 0 Å². The Morgan fingerprint density at radius 1 is 0.871 bits per heavy atom. The number of benzene rings is 3. The van der Waals surface area contributed by atoms with Crippen LogP contribution in [0.15, 0.2) is 71.1 Å². The molecular formula is C25H19NO5. The van der Waals surface area contributed by atoms with Gasteiger partial charge in [-0.25, -0.2) is 0 Å². The first-order chi connectivity index (χ1) is 15.1. The molecule has 3 aromatic carbocycles. The molecular weight excluding hydrogens is 394 g/mol. The number of carbonyl (C=O) groups excluding carboxylic acids is 2. The molecule has 0 radical (unpaired) electrons. The lowest BCUT2D eigenvalue weighted by Crippen LogP contribution is -2.17. The monoisotopic (exact) mass is 413 g/mol. The molecule has 1 amide bonds. The number of nitrogens with one attached hydrogen (secondary N) is 1. The zero-order valence-electron chi connectivity index (χ0n) is 16.8. The Morgan fingerprint density at radius 3 is 2.45 bits per heavy atom. The summed E-state index contributed by atoms with van der Waals surface area (Å²) in [5.41, 5.74) is 2.62. The van der Waals surface area contributed by atoms with Crippen LogP contribution in [-0.4, -0.2) is 24.9 Å². The van der Waals surface area contributed by atoms with Crippen LogP contribution >= 0.6 is 0 Å². The number of amides is 1. The average Bonchev–Trinajstić information content (AvgIpc) is 3.17. The summed E-state index contributed by atoms with van der Waals surface area (Å²) in [6, 6.07) is 19.5. The first kappa shape index (κ1) is 18.9. The van der Waals surface area contributed by atoms with E-state index in [2.05, 4.69) is 5.32 Å². The smallest absolute Gasteiger partial charge is 0.256 e. The van der Waals surface area contributed by atoms with Crippen molar-refractivity contribution in [2.45, 2.75) is 6.92 Å². The molecule has 5 rings (SSSR count). The molecule has 4 aromatic rings. The van der Waals surface area contributed by atoms with Gasteiger partial charge in [-0.15, -0.1) is 0 Å². The maximum absolute atomic E-state index is 13.4. The van der Waals surface area contributed by atoms with Crippen molar-refractivity contribution in [1.29, 1.82) is 0 Å². The van der Waals surface area contributed by atoms with E-state index in [-0.39, 0.29) is 17.5 Å². The summed E-state index contributed by atoms with van der Waals surface area (Å²) in [7, 11) is 0. The molecule has 154 valence electrons. The van der Waals surface area contributed by atoms with Crippen molar-refractivity contribution in [2.24, 2.45) is 0 Å². The Kier molecular flexibility index (Phi) is 4.67. The van der Waals surface area contributed by atoms with E-state index in [1.807, 2.05) is 37.3 Å². The van der Waals surface area contributed by atoms with E-state index in [0.717, 1.165) is 5.56 Å². The number of hydrogen-bond acceptors (Lipinski definition) is 5. The number of furan rings is 1. The first-order valence-electron chi connectivity index (χ1n) is 9.94. The number of anilines is 1. The van der Waals surface area contributed by atoms with Gasteiger partial charge in [0.15, 0.2) is 17.3 Å². The van der Waals surface area contributed by atoms with Gasteiger partial charge in [0.1, 0.15) is 18.8 Å². The van der Waals surface area contributed by atoms with Crippen molar-refractivity contribution >= 4 is 28.3 Å². The standard InChI is InChI=1S/C25H19NO5/c1-15-6-2-3-7-17(15)25(28)26-22-18-8-4-5-9-19(18)31-24(22)23(27)16-10-11-20-21(14-16)30-13-12-29-20/h2-11,14H,12-13H2,1H3,(H,26,28). The van der Waals surface area contributed by atoms with Crippen LogP contribution in [0.2, 0.25) is 0 Å². The molecule has 0 aliphatic carbocycles. The number of para-hydroxylation sites is 1. The van der Waals surface area contributed by atoms with Gasteiger partial charge in [0.2, 0.25) is 5.78 Å². The lowest BCUT2D eigenvalue weighted by molar-refractivity contribution is 0.101. The molecule has 0 fully saturated rings. The van der Waals surface area contributed by atoms with Gasteiger partial charge in [-0.05, 0) is 48.9 Å². The Labute approximate surface area is 178 Å². The average molecular weight is 413 g/mol. The molecule has 1 N–H and O–H groups in total. The van der Waals surface area contributed by atoms with Crippen molar-refractivity contribution in [3.63, 3.8) is 0 Å². The molecule has 0 saturated heterocycles. The lowest BCUT2D eigenvalue weighted by Gasteiger charge is -2.18. The Morgan fingerprint density at radius 2 is 1.61 bits per heavy atom. The number of rotatable bonds is 4. The van der Waals surface area contributed by atoms with Gasteiger partial charge in [-0.2, -0.15) is 0 Å². The highest BCUT2D eigenvalue weighted by molar-refractivity contribution is 6.19. The summed E-state index contributed by atoms with van der Waals surface area (Å²) < 4.78 is 17.0. The van der Waals surface area contributed by atoms with E-state index in [1.165, 1.54) is 0 Å². The van der Waals surface area contributed by atoms with E-state index < -0.39 is 0 Å². The van der Waals surface area contributed by atoms with Crippen molar-refractivity contribution in [1.82, 2.24) is 0 Å². The lowest BCUT2D eigenvalue weighted by atomic mass is 10.1. The SMILES string of the molecule is Cc1ccccc1C(=O)Nc1c(C(=O)c2ccc3c(c2)OCCO3)oc2ccccc12. The highest BCUT2D eigenvalue weighted by atomic mass is 16.6. The molecule has 0 spiro atoms. The number of carbonyl (C=O) groups is 2. The second kappa shape index (κ2) is 7.65. The zero-order valence-corrected chi connectivity index (χ0v) is 16.8. The van der Waals surface area contributed by atoms with Crippen LogP contribution in [0.25, 0.3) is 11.0 Å². The number of hydrogen-bond donors (Lipinski definition) is 1. The molecule has 1 aromatic heterocycles. The van der Waals surface area contributed by atoms with Crippen LogP contribution < -0.4 is 14.8 Å². The molecule has 1 aliphatic rings. The molecule has 6 nitrogen and oxygen atoms in total. The molecule has 6 heteroatoms. The summed E-state index contributed by atoms with van der Waals surface area (Å²) in [6.07, 6.45) is 0. The number of aryl methyl sites for hydroxylation is 1. The molecule has 2 heterocycles. The third kappa shape index (κ3) is 3.42. The summed E-state index contributed by atoms with van der Waals surface area (Å²) >= 11 is 0. The van der Waals surface area contributed by atoms with Crippen LogP contribution in [0, 0.1) is 6.92 Å². The van der Waals surface area contributed by atoms with Crippen molar-refractivity contribution in [3.05, 3.63) is 89.2 Å². The molecule has 31 heavy (non-hydrogen) atoms. The highest BCUT2D eigenvalue weighted by Gasteiger charge is 2.25. The molecule has 0 unspecified atom stereocenters. The third-order valence-corrected chi connectivity index (χ3v) is 5.23. The molecule has 0 saturated carbocycles. The van der Waals surface area contributed by atoms with Gasteiger partial charge >= 0.3 is 0 Å². The van der Waals surface area contributed by atoms with E-state index in [4.69, 9.17) is 13.9 Å². The largest absolute Gasteiger partial charge is 0.486 e. The molecule has 1 aliphatic heterocycles. The summed E-state index contributed by atoms with van der Waals surface area (Å²) in [4.78, 5) is 26.3. The fourth-order valence-electron chi connectivity index (χ4n) is 3.65. The van der Waals surface area contributed by atoms with Crippen LogP contribution in [0.4, 0.5) is 5.69 Å². The third-order valence-electron chi connectivity index (χ3n) is 5.23. The zero-order chi connectivity index (χ0) is 21.4. The van der Waals surface area contributed by atoms with Gasteiger partial charge in [-0.1, -0.05) is 30.3 Å². The quantitative estimate of drug-likeness (QED) is 0.477. The van der Waals surface area contributed by atoms with E-state index in [0.29, 0.717) is 52.5 Å². The summed E-state index contributed by atoms with van der Waals surface area (Å²) in [5, 5.41) is 3.55. The second-order valence-corrected chi connectivity index (χ2v) is 7.26. The van der Waals surface area contributed by atoms with Crippen molar-refractivity contribution in [2.75, 3.05) is 18.5 Å². The maximum atomic E-state index is 13.4. The van der Waals surface area contributed by atoms with E-state index in [9.17, 15) is 9.59 Å². The minimum absolute atomic E-state index is 0.0693. The van der Waals surface area contributed by atoms with Crippen LogP contribution in [0.1, 0.15) is 32.0 Å². The fraction of sp³-hybridized carbons (Fsp3) is 0.120. The van der Waals surface area contributed by atoms with Gasteiger partial charge in [-0.3, -0.25) is 9.59 Å². The number of fused-ring (bicyclic) bond motifs is 2. The van der Waals surface area contributed by atoms with Crippen LogP contribution in [-0.2, 0) is 0 Å². The van der Waals surface area contributed by atoms with Crippen molar-refractivity contribution in [3.8, 4) is 11.5 Å². The molecule has 0 bridgehead atoms. The van der Waals surface area contributed by atoms with Crippen LogP contribution in [0.5, 0.6) is 11.5 Å². The van der Waals surface area contributed by atoms with Gasteiger partial charge in [0, 0.05) is 16.5 Å². The van der Waals surface area contributed by atoms with Gasteiger partial charge in [0.05, 0.1) is 5.69 Å². The minimum Gasteiger partial charge on any atom is -0.486 e. The number of ether oxygens (including phenoxy) is 2. The topological polar surface area (TPSA) is 77.8 Å². The fourth-order valence-corrected chi connectivity index (χ4v) is 3.65. The summed E-state index contributed by atoms with van der Waals surface area (Å²) in [6.45, 7) is 2.76. The highest BCUT2D eigenvalue weighted by Crippen LogP contribution is 2.35. The molecule has 0 atom stereocenters. The van der Waals surface area contributed by atoms with Gasteiger partial charge < -0.3 is 19.2 Å². The summed E-state index contributed by atoms with van der Waals surface area (Å²) in [5.74, 6) is 0.521. The second-order valence-electron chi connectivity index (χ2n) is 7.26. The Bertz CT molecular complexity index is 1320. The minimum atomic E-state index is -0.353.